The average molecular weight is 597 g/mol. The number of nitrogens with two attached hydrogens (primary N) is 1. The molecule has 1 amide bonds. The predicted octanol–water partition coefficient (Wildman–Crippen LogP) is 8.10. The molecule has 238 valence electrons. The first kappa shape index (κ1) is 39.7. The molecule has 1 atom stereocenters. The van der Waals surface area contributed by atoms with Gasteiger partial charge in [0.1, 0.15) is 6.04 Å². The number of amides is 1. The lowest BCUT2D eigenvalue weighted by atomic mass is 10.0. The van der Waals surface area contributed by atoms with Crippen LogP contribution in [0.4, 0.5) is 0 Å². The van der Waals surface area contributed by atoms with E-state index in [1.54, 1.807) is 0 Å². The SMILES string of the molecule is C=C.C=C(C)C.C=C(C)N1CCC(NC)=CC1C(=O)NN.CCc1ccccc1.Cc1ccc(CCc2ccccc2)cc1. The van der Waals surface area contributed by atoms with Gasteiger partial charge in [-0.05, 0) is 69.7 Å². The molecule has 0 saturated carbocycles. The highest BCUT2D eigenvalue weighted by atomic mass is 16.2. The molecule has 5 nitrogen and oxygen atoms in total. The van der Waals surface area contributed by atoms with Crippen LogP contribution in [0.1, 0.15) is 56.4 Å². The molecule has 4 rings (SSSR count). The van der Waals surface area contributed by atoms with Gasteiger partial charge in [0, 0.05) is 31.4 Å². The zero-order valence-corrected chi connectivity index (χ0v) is 28.0. The standard InChI is InChI=1S/C15H16.C10H18N4O.C8H10.C4H8.C2H4/c1-13-7-9-15(10-8-13)12-11-14-5-3-2-4-6-14;1-7(2)14-5-4-8(12-3)6-9(14)10(15)13-11;1-2-8-6-4-3-5-7-8;1-4(2)3;1-2/h2-10H,11-12H2,1H3;6,9,12H,1,4-5,11H2,2-3H3,(H,13,15);3-7H,2H2,1H3;1H2,2-3H3;1-2H2. The molecule has 44 heavy (non-hydrogen) atoms. The number of hydrazine groups is 1. The number of hydrogen-bond acceptors (Lipinski definition) is 4. The number of allylic oxidation sites excluding steroid dienone is 2. The largest absolute Gasteiger partial charge is 0.392 e. The van der Waals surface area contributed by atoms with Crippen LogP contribution in [0.2, 0.25) is 0 Å². The molecule has 0 fully saturated rings. The number of benzene rings is 3. The molecule has 0 radical (unpaired) electrons. The van der Waals surface area contributed by atoms with Gasteiger partial charge in [-0.25, -0.2) is 5.84 Å². The first-order valence-corrected chi connectivity index (χ1v) is 15.2. The second-order valence-electron chi connectivity index (χ2n) is 10.6. The van der Waals surface area contributed by atoms with E-state index in [1.807, 2.05) is 44.9 Å². The van der Waals surface area contributed by atoms with Crippen molar-refractivity contribution in [1.82, 2.24) is 15.6 Å². The highest BCUT2D eigenvalue weighted by Gasteiger charge is 2.26. The Morgan fingerprint density at radius 2 is 1.30 bits per heavy atom. The molecular formula is C39H56N4O. The summed E-state index contributed by atoms with van der Waals surface area (Å²) in [6, 6.07) is 29.5. The second kappa shape index (κ2) is 24.1. The summed E-state index contributed by atoms with van der Waals surface area (Å²) < 4.78 is 0. The number of aryl methyl sites for hydroxylation is 4. The van der Waals surface area contributed by atoms with Crippen molar-refractivity contribution in [3.05, 3.63) is 157 Å². The minimum atomic E-state index is -0.358. The third-order valence-electron chi connectivity index (χ3n) is 6.46. The Balaban J connectivity index is 0.000000598. The fraction of sp³-hybridized carbons (Fsp3) is 0.308. The summed E-state index contributed by atoms with van der Waals surface area (Å²) in [5, 5.41) is 3.06. The first-order chi connectivity index (χ1) is 21.1. The molecule has 1 unspecified atom stereocenters. The van der Waals surface area contributed by atoms with Gasteiger partial charge >= 0.3 is 0 Å². The first-order valence-electron chi connectivity index (χ1n) is 15.2. The summed E-state index contributed by atoms with van der Waals surface area (Å²) in [6.07, 6.45) is 6.16. The molecule has 0 bridgehead atoms. The average Bonchev–Trinajstić information content (AvgIpc) is 3.06. The molecule has 0 aromatic heterocycles. The van der Waals surface area contributed by atoms with Gasteiger partial charge in [0.05, 0.1) is 0 Å². The van der Waals surface area contributed by atoms with Crippen LogP contribution >= 0.6 is 0 Å². The van der Waals surface area contributed by atoms with Crippen LogP contribution in [0.5, 0.6) is 0 Å². The topological polar surface area (TPSA) is 70.4 Å². The highest BCUT2D eigenvalue weighted by molar-refractivity contribution is 5.83. The van der Waals surface area contributed by atoms with Gasteiger partial charge in [-0.15, -0.1) is 19.7 Å². The number of carbonyl (C=O) groups is 1. The Kier molecular flexibility index (Phi) is 21.7. The van der Waals surface area contributed by atoms with E-state index in [-0.39, 0.29) is 11.9 Å². The molecule has 1 aliphatic heterocycles. The quantitative estimate of drug-likeness (QED) is 0.112. The number of carbonyl (C=O) groups excluding carboxylic acids is 1. The maximum absolute atomic E-state index is 11.6. The minimum Gasteiger partial charge on any atom is -0.392 e. The monoisotopic (exact) mass is 596 g/mol. The van der Waals surface area contributed by atoms with E-state index >= 15 is 0 Å². The third kappa shape index (κ3) is 17.6. The van der Waals surface area contributed by atoms with Crippen LogP contribution in [-0.4, -0.2) is 30.4 Å². The molecule has 3 aromatic rings. The van der Waals surface area contributed by atoms with E-state index in [1.165, 1.54) is 27.8 Å². The van der Waals surface area contributed by atoms with Crippen LogP contribution in [-0.2, 0) is 24.1 Å². The summed E-state index contributed by atoms with van der Waals surface area (Å²) in [7, 11) is 1.85. The van der Waals surface area contributed by atoms with Gasteiger partial charge in [0.25, 0.3) is 5.91 Å². The van der Waals surface area contributed by atoms with Crippen molar-refractivity contribution in [3.63, 3.8) is 0 Å². The molecular weight excluding hydrogens is 540 g/mol. The van der Waals surface area contributed by atoms with E-state index in [9.17, 15) is 4.79 Å². The zero-order chi connectivity index (χ0) is 33.3. The number of nitrogens with one attached hydrogen (secondary N) is 2. The summed E-state index contributed by atoms with van der Waals surface area (Å²) in [5.41, 5.74) is 10.8. The second-order valence-corrected chi connectivity index (χ2v) is 10.6. The van der Waals surface area contributed by atoms with E-state index in [0.717, 1.165) is 43.6 Å². The lowest BCUT2D eigenvalue weighted by Crippen LogP contribution is -2.49. The highest BCUT2D eigenvalue weighted by Crippen LogP contribution is 2.18. The van der Waals surface area contributed by atoms with Crippen molar-refractivity contribution < 1.29 is 4.79 Å². The van der Waals surface area contributed by atoms with E-state index < -0.39 is 0 Å². The third-order valence-corrected chi connectivity index (χ3v) is 6.46. The van der Waals surface area contributed by atoms with Crippen LogP contribution in [0.15, 0.2) is 134 Å². The lowest BCUT2D eigenvalue weighted by molar-refractivity contribution is -0.124. The van der Waals surface area contributed by atoms with Crippen molar-refractivity contribution in [2.24, 2.45) is 5.84 Å². The molecule has 4 N–H and O–H groups in total. The van der Waals surface area contributed by atoms with Crippen molar-refractivity contribution in [2.45, 2.75) is 66.3 Å². The van der Waals surface area contributed by atoms with Crippen molar-refractivity contribution in [3.8, 4) is 0 Å². The van der Waals surface area contributed by atoms with Gasteiger partial charge in [0.2, 0.25) is 0 Å². The molecule has 0 saturated heterocycles. The number of hydrogen-bond donors (Lipinski definition) is 3. The summed E-state index contributed by atoms with van der Waals surface area (Å²) in [4.78, 5) is 13.5. The number of rotatable bonds is 7. The van der Waals surface area contributed by atoms with Crippen molar-refractivity contribution in [1.29, 1.82) is 0 Å². The molecule has 0 aliphatic carbocycles. The summed E-state index contributed by atoms with van der Waals surface area (Å²) >= 11 is 0. The van der Waals surface area contributed by atoms with Gasteiger partial charge in [-0.3, -0.25) is 10.2 Å². The molecule has 1 heterocycles. The molecule has 5 heteroatoms. The lowest BCUT2D eigenvalue weighted by Gasteiger charge is -2.35. The minimum absolute atomic E-state index is 0.217. The van der Waals surface area contributed by atoms with Crippen LogP contribution < -0.4 is 16.6 Å². The molecule has 1 aliphatic rings. The maximum Gasteiger partial charge on any atom is 0.260 e. The Hall–Kier alpha value is -4.35. The van der Waals surface area contributed by atoms with Crippen molar-refractivity contribution in [2.75, 3.05) is 13.6 Å². The predicted molar refractivity (Wildman–Crippen MR) is 192 cm³/mol. The Morgan fingerprint density at radius 3 is 1.68 bits per heavy atom. The van der Waals surface area contributed by atoms with E-state index in [2.05, 4.69) is 130 Å². The Morgan fingerprint density at radius 1 is 0.841 bits per heavy atom. The van der Waals surface area contributed by atoms with E-state index in [0.29, 0.717) is 0 Å². The van der Waals surface area contributed by atoms with Crippen LogP contribution in [0, 0.1) is 6.92 Å². The van der Waals surface area contributed by atoms with Gasteiger partial charge in [0.15, 0.2) is 0 Å². The zero-order valence-electron chi connectivity index (χ0n) is 28.0. The van der Waals surface area contributed by atoms with Gasteiger partial charge < -0.3 is 10.2 Å². The van der Waals surface area contributed by atoms with Crippen LogP contribution in [0.25, 0.3) is 0 Å². The fourth-order valence-electron chi connectivity index (χ4n) is 4.08. The molecule has 0 spiro atoms. The van der Waals surface area contributed by atoms with Crippen LogP contribution in [0.3, 0.4) is 0 Å². The normalized spacial score (nSPS) is 12.8. The Labute approximate surface area is 268 Å². The molecule has 3 aromatic carbocycles. The van der Waals surface area contributed by atoms with Gasteiger partial charge in [-0.1, -0.05) is 110 Å². The fourth-order valence-corrected chi connectivity index (χ4v) is 4.08. The summed E-state index contributed by atoms with van der Waals surface area (Å²) in [5.74, 6) is 4.93. The van der Waals surface area contributed by atoms with Crippen molar-refractivity contribution >= 4 is 5.91 Å². The van der Waals surface area contributed by atoms with Gasteiger partial charge in [-0.2, -0.15) is 0 Å². The van der Waals surface area contributed by atoms with E-state index in [4.69, 9.17) is 5.84 Å². The summed E-state index contributed by atoms with van der Waals surface area (Å²) in [6.45, 7) is 24.3. The number of nitrogens with zero attached hydrogens (tertiary/aromatic N) is 1. The Bertz CT molecular complexity index is 1230. The maximum atomic E-state index is 11.6. The smallest absolute Gasteiger partial charge is 0.260 e.